The molecular weight excluding hydrogens is 543 g/mol. The van der Waals surface area contributed by atoms with Gasteiger partial charge in [0.25, 0.3) is 11.6 Å². The van der Waals surface area contributed by atoms with E-state index in [0.717, 1.165) is 17.7 Å². The number of fused-ring (bicyclic) bond motifs is 1. The van der Waals surface area contributed by atoms with Gasteiger partial charge in [0.1, 0.15) is 22.7 Å². The summed E-state index contributed by atoms with van der Waals surface area (Å²) in [6, 6.07) is 12.8. The minimum atomic E-state index is -4.49. The Balaban J connectivity index is 1.47. The second kappa shape index (κ2) is 11.4. The van der Waals surface area contributed by atoms with Gasteiger partial charge >= 0.3 is 6.18 Å². The first-order valence-electron chi connectivity index (χ1n) is 14.3. The van der Waals surface area contributed by atoms with Crippen LogP contribution < -0.4 is 4.90 Å². The maximum absolute atomic E-state index is 13.5. The van der Waals surface area contributed by atoms with E-state index < -0.39 is 11.7 Å². The largest absolute Gasteiger partial charge is 0.416 e. The fourth-order valence-electron chi connectivity index (χ4n) is 5.23. The Hall–Kier alpha value is -3.95. The molecule has 1 fully saturated rings. The molecule has 0 saturated carbocycles. The number of hydrogen-bond donors (Lipinski definition) is 0. The van der Waals surface area contributed by atoms with Crippen LogP contribution in [-0.2, 0) is 18.0 Å². The van der Waals surface area contributed by atoms with E-state index in [1.807, 2.05) is 29.2 Å². The number of amides is 1. The normalized spacial score (nSPS) is 15.0. The predicted molar refractivity (Wildman–Crippen MR) is 156 cm³/mol. The molecule has 0 bridgehead atoms. The molecule has 1 aliphatic rings. The van der Waals surface area contributed by atoms with Crippen molar-refractivity contribution in [2.75, 3.05) is 31.1 Å². The summed E-state index contributed by atoms with van der Waals surface area (Å²) in [5.41, 5.74) is 1.81. The van der Waals surface area contributed by atoms with Gasteiger partial charge in [0.05, 0.1) is 5.56 Å². The smallest absolute Gasteiger partial charge is 0.354 e. The number of nitrogens with zero attached hydrogens (tertiary/aromatic N) is 5. The van der Waals surface area contributed by atoms with Crippen molar-refractivity contribution in [3.8, 4) is 11.3 Å². The number of benzene rings is 2. The number of halogens is 3. The van der Waals surface area contributed by atoms with Crippen molar-refractivity contribution >= 4 is 22.8 Å². The molecule has 10 heteroatoms. The molecule has 1 aliphatic heterocycles. The van der Waals surface area contributed by atoms with Crippen molar-refractivity contribution in [3.05, 3.63) is 71.0 Å². The van der Waals surface area contributed by atoms with Crippen molar-refractivity contribution in [2.24, 2.45) is 5.92 Å². The zero-order valence-corrected chi connectivity index (χ0v) is 24.6. The Morgan fingerprint density at radius 2 is 1.69 bits per heavy atom. The average Bonchev–Trinajstić information content (AvgIpc) is 3.20. The van der Waals surface area contributed by atoms with Crippen molar-refractivity contribution in [3.63, 3.8) is 0 Å². The Morgan fingerprint density at radius 3 is 2.36 bits per heavy atom. The quantitative estimate of drug-likeness (QED) is 0.250. The van der Waals surface area contributed by atoms with Gasteiger partial charge < -0.3 is 14.3 Å². The highest BCUT2D eigenvalue weighted by Crippen LogP contribution is 2.37. The van der Waals surface area contributed by atoms with Crippen molar-refractivity contribution in [2.45, 2.75) is 59.1 Å². The molecule has 1 amide bonds. The molecule has 4 aromatic rings. The average molecular weight is 580 g/mol. The van der Waals surface area contributed by atoms with Crippen LogP contribution in [0, 0.1) is 5.92 Å². The van der Waals surface area contributed by atoms with E-state index >= 15 is 0 Å². The fraction of sp³-hybridized carbons (Fsp3) is 0.438. The highest BCUT2D eigenvalue weighted by Gasteiger charge is 2.32. The number of anilines is 1. The van der Waals surface area contributed by atoms with Gasteiger partial charge in [-0.2, -0.15) is 18.2 Å². The van der Waals surface area contributed by atoms with Crippen molar-refractivity contribution in [1.82, 2.24) is 20.0 Å². The molecule has 0 spiro atoms. The number of hydrogen-bond acceptors (Lipinski definition) is 6. The van der Waals surface area contributed by atoms with Crippen LogP contribution in [0.4, 0.5) is 19.0 Å². The van der Waals surface area contributed by atoms with E-state index in [9.17, 15) is 18.0 Å². The van der Waals surface area contributed by atoms with Crippen molar-refractivity contribution < 1.29 is 22.5 Å². The summed E-state index contributed by atoms with van der Waals surface area (Å²) in [6.45, 7) is 12.7. The van der Waals surface area contributed by atoms with E-state index in [2.05, 4.69) is 49.7 Å². The lowest BCUT2D eigenvalue weighted by atomic mass is 9.86. The van der Waals surface area contributed by atoms with Gasteiger partial charge in [0, 0.05) is 43.7 Å². The summed E-state index contributed by atoms with van der Waals surface area (Å²) in [6.07, 6.45) is -3.19. The first-order chi connectivity index (χ1) is 19.8. The van der Waals surface area contributed by atoms with E-state index in [1.165, 1.54) is 6.07 Å². The van der Waals surface area contributed by atoms with Crippen LogP contribution in [0.2, 0.25) is 0 Å². The van der Waals surface area contributed by atoms with Crippen LogP contribution in [-0.4, -0.2) is 52.1 Å². The topological polar surface area (TPSA) is 75.4 Å². The molecule has 3 heterocycles. The summed E-state index contributed by atoms with van der Waals surface area (Å²) in [7, 11) is 0. The van der Waals surface area contributed by atoms with Gasteiger partial charge in [-0.3, -0.25) is 4.79 Å². The van der Waals surface area contributed by atoms with Gasteiger partial charge in [-0.15, -0.1) is 0 Å². The molecular formula is C32H36F3N5O2. The summed E-state index contributed by atoms with van der Waals surface area (Å²) in [5, 5.41) is 4.63. The van der Waals surface area contributed by atoms with Crippen molar-refractivity contribution in [1.29, 1.82) is 0 Å². The Kier molecular flexibility index (Phi) is 8.00. The Morgan fingerprint density at radius 1 is 0.952 bits per heavy atom. The first kappa shape index (κ1) is 29.5. The number of carbonyl (C=O) groups is 1. The van der Waals surface area contributed by atoms with Gasteiger partial charge in [0.2, 0.25) is 0 Å². The third kappa shape index (κ3) is 6.27. The lowest BCUT2D eigenvalue weighted by Gasteiger charge is -2.24. The van der Waals surface area contributed by atoms with Crippen LogP contribution in [0.5, 0.6) is 0 Å². The maximum atomic E-state index is 13.5. The maximum Gasteiger partial charge on any atom is 0.416 e. The summed E-state index contributed by atoms with van der Waals surface area (Å²) < 4.78 is 46.1. The molecule has 7 nitrogen and oxygen atoms in total. The molecule has 1 saturated heterocycles. The van der Waals surface area contributed by atoms with Crippen LogP contribution in [0.15, 0.2) is 53.1 Å². The highest BCUT2D eigenvalue weighted by atomic mass is 19.4. The molecule has 5 rings (SSSR count). The third-order valence-corrected chi connectivity index (χ3v) is 7.50. The molecule has 2 aromatic carbocycles. The molecule has 2 aromatic heterocycles. The zero-order chi connectivity index (χ0) is 30.2. The van der Waals surface area contributed by atoms with Crippen LogP contribution in [0.3, 0.4) is 0 Å². The van der Waals surface area contributed by atoms with E-state index in [-0.39, 0.29) is 34.2 Å². The second-order valence-corrected chi connectivity index (χ2v) is 12.3. The molecule has 0 aliphatic carbocycles. The SMILES string of the molecule is CC(C)Cc1nc(N2CCCN(C(=O)c3ccc(C(C)(C)C)cc3)CC2)c2c(-c3cccc(C(F)(F)F)c3)noc2n1. The third-order valence-electron chi connectivity index (χ3n) is 7.50. The van der Waals surface area contributed by atoms with Crippen LogP contribution in [0.1, 0.15) is 68.3 Å². The van der Waals surface area contributed by atoms with Gasteiger partial charge in [-0.1, -0.05) is 64.0 Å². The lowest BCUT2D eigenvalue weighted by Crippen LogP contribution is -2.35. The predicted octanol–water partition coefficient (Wildman–Crippen LogP) is 7.15. The van der Waals surface area contributed by atoms with Crippen LogP contribution >= 0.6 is 0 Å². The molecule has 42 heavy (non-hydrogen) atoms. The zero-order valence-electron chi connectivity index (χ0n) is 24.6. The van der Waals surface area contributed by atoms with E-state index in [0.29, 0.717) is 61.6 Å². The molecule has 0 N–H and O–H groups in total. The number of carbonyl (C=O) groups excluding carboxylic acids is 1. The first-order valence-corrected chi connectivity index (χ1v) is 14.3. The number of rotatable bonds is 5. The van der Waals surface area contributed by atoms with E-state index in [4.69, 9.17) is 9.51 Å². The summed E-state index contributed by atoms with van der Waals surface area (Å²) in [5.74, 6) is 1.40. The number of alkyl halides is 3. The Labute approximate surface area is 243 Å². The van der Waals surface area contributed by atoms with Gasteiger partial charge in [-0.05, 0) is 47.6 Å². The molecule has 222 valence electrons. The minimum Gasteiger partial charge on any atom is -0.354 e. The molecule has 0 atom stereocenters. The van der Waals surface area contributed by atoms with Gasteiger partial charge in [-0.25, -0.2) is 4.98 Å². The summed E-state index contributed by atoms with van der Waals surface area (Å²) in [4.78, 5) is 26.8. The monoisotopic (exact) mass is 579 g/mol. The van der Waals surface area contributed by atoms with E-state index in [1.54, 1.807) is 6.07 Å². The minimum absolute atomic E-state index is 0.00314. The Bertz CT molecular complexity index is 1570. The molecule has 0 unspecified atom stereocenters. The molecule has 0 radical (unpaired) electrons. The standard InChI is InChI=1S/C32H36F3N5O2/c1-20(2)18-25-36-28(26-27(38-42-29(26)37-25)22-8-6-9-24(19-22)32(33,34)35)39-14-7-15-40(17-16-39)30(41)21-10-12-23(13-11-21)31(3,4)5/h6,8-13,19-20H,7,14-18H2,1-5H3. The summed E-state index contributed by atoms with van der Waals surface area (Å²) >= 11 is 0. The number of aromatic nitrogens is 3. The van der Waals surface area contributed by atoms with Gasteiger partial charge in [0.15, 0.2) is 0 Å². The fourth-order valence-corrected chi connectivity index (χ4v) is 5.23. The second-order valence-electron chi connectivity index (χ2n) is 12.3. The van der Waals surface area contributed by atoms with Crippen LogP contribution in [0.25, 0.3) is 22.4 Å². The highest BCUT2D eigenvalue weighted by molar-refractivity contribution is 5.98. The lowest BCUT2D eigenvalue weighted by molar-refractivity contribution is -0.137.